The summed E-state index contributed by atoms with van der Waals surface area (Å²) in [6.45, 7) is 5.31. The second kappa shape index (κ2) is 13.1. The van der Waals surface area contributed by atoms with Crippen molar-refractivity contribution in [1.82, 2.24) is 5.32 Å². The van der Waals surface area contributed by atoms with Crippen LogP contribution in [0.4, 0.5) is 0 Å². The van der Waals surface area contributed by atoms with E-state index < -0.39 is 11.9 Å². The molecule has 0 aromatic heterocycles. The van der Waals surface area contributed by atoms with Gasteiger partial charge in [-0.1, -0.05) is 6.08 Å². The largest absolute Gasteiger partial charge is 1.00 e. The van der Waals surface area contributed by atoms with E-state index in [1.807, 2.05) is 0 Å². The zero-order valence-electron chi connectivity index (χ0n) is 9.48. The summed E-state index contributed by atoms with van der Waals surface area (Å²) in [4.78, 5) is 13.7. The van der Waals surface area contributed by atoms with Crippen molar-refractivity contribution >= 4 is 11.9 Å². The fourth-order valence-electron chi connectivity index (χ4n) is 0.770. The minimum Gasteiger partial charge on any atom is -0.859 e. The van der Waals surface area contributed by atoms with Crippen molar-refractivity contribution in [3.8, 4) is 0 Å². The van der Waals surface area contributed by atoms with Gasteiger partial charge in [0.05, 0.1) is 6.54 Å². The summed E-state index contributed by atoms with van der Waals surface area (Å²) >= 11 is 0. The zero-order chi connectivity index (χ0) is 11.5. The van der Waals surface area contributed by atoms with Gasteiger partial charge < -0.3 is 15.5 Å². The van der Waals surface area contributed by atoms with E-state index in [2.05, 4.69) is 16.9 Å². The van der Waals surface area contributed by atoms with E-state index in [9.17, 15) is 9.90 Å². The molecule has 0 saturated heterocycles. The van der Waals surface area contributed by atoms with Gasteiger partial charge in [-0.15, -0.1) is 6.58 Å². The number of carboxylic acids is 1. The summed E-state index contributed by atoms with van der Waals surface area (Å²) < 4.78 is 0. The number of carbonyl (C=O) groups is 1. The summed E-state index contributed by atoms with van der Waals surface area (Å²) in [5.74, 6) is -1.68. The Kier molecular flexibility index (Phi) is 15.0. The van der Waals surface area contributed by atoms with Crippen LogP contribution in [0.3, 0.4) is 0 Å². The number of nitrogens with zero attached hydrogens (tertiary/aromatic N) is 1. The molecule has 6 heteroatoms. The van der Waals surface area contributed by atoms with Gasteiger partial charge in [0.25, 0.3) is 0 Å². The van der Waals surface area contributed by atoms with E-state index in [1.165, 1.54) is 0 Å². The molecule has 0 unspecified atom stereocenters. The number of nitrogens with one attached hydrogen (secondary N) is 1. The monoisotopic (exact) mass is 250 g/mol. The Morgan fingerprint density at radius 1 is 1.44 bits per heavy atom. The third-order valence-electron chi connectivity index (χ3n) is 1.45. The number of aliphatic imine (C=N–C) groups is 1. The van der Waals surface area contributed by atoms with E-state index in [0.29, 0.717) is 13.1 Å². The van der Waals surface area contributed by atoms with E-state index in [1.54, 1.807) is 6.08 Å². The number of hydrogen-bond donors (Lipinski definition) is 2. The van der Waals surface area contributed by atoms with Crippen molar-refractivity contribution in [3.05, 3.63) is 24.8 Å². The minimum absolute atomic E-state index is 0. The molecule has 0 aliphatic carbocycles. The third kappa shape index (κ3) is 14.0. The molecule has 0 atom stereocenters. The maximum Gasteiger partial charge on any atom is 1.00 e. The molecule has 0 fully saturated rings. The molecule has 5 nitrogen and oxygen atoms in total. The second-order valence-electron chi connectivity index (χ2n) is 2.72. The molecule has 16 heavy (non-hydrogen) atoms. The van der Waals surface area contributed by atoms with Crippen LogP contribution in [-0.4, -0.2) is 36.6 Å². The maximum atomic E-state index is 10.9. The van der Waals surface area contributed by atoms with Crippen LogP contribution in [0.25, 0.3) is 0 Å². The summed E-state index contributed by atoms with van der Waals surface area (Å²) in [6, 6.07) is 0. The van der Waals surface area contributed by atoms with Crippen molar-refractivity contribution in [1.29, 1.82) is 0 Å². The van der Waals surface area contributed by atoms with Crippen molar-refractivity contribution in [2.24, 2.45) is 4.99 Å². The maximum absolute atomic E-state index is 10.9. The predicted octanol–water partition coefficient (Wildman–Crippen LogP) is -3.44. The number of hydrogen-bond acceptors (Lipinski definition) is 4. The summed E-state index contributed by atoms with van der Waals surface area (Å²) in [5.41, 5.74) is 0. The molecule has 0 aliphatic heterocycles. The molecule has 0 rings (SSSR count). The normalized spacial score (nSPS) is 11.1. The Morgan fingerprint density at radius 3 is 2.69 bits per heavy atom. The molecule has 0 aliphatic rings. The molecule has 0 aromatic rings. The van der Waals surface area contributed by atoms with Gasteiger partial charge in [-0.2, -0.15) is 0 Å². The van der Waals surface area contributed by atoms with Crippen LogP contribution in [0, 0.1) is 0 Å². The van der Waals surface area contributed by atoms with E-state index in [4.69, 9.17) is 5.11 Å². The van der Waals surface area contributed by atoms with Crippen LogP contribution in [0.5, 0.6) is 0 Å². The molecule has 0 aromatic carbocycles. The van der Waals surface area contributed by atoms with Crippen molar-refractivity contribution < 1.29 is 66.4 Å². The van der Waals surface area contributed by atoms with E-state index in [-0.39, 0.29) is 51.4 Å². The smallest absolute Gasteiger partial charge is 0.859 e. The van der Waals surface area contributed by atoms with Crippen LogP contribution in [0.1, 0.15) is 6.42 Å². The fraction of sp³-hybridized carbons (Fsp3) is 0.400. The van der Waals surface area contributed by atoms with Gasteiger partial charge in [0, 0.05) is 12.6 Å². The first-order chi connectivity index (χ1) is 7.16. The van der Waals surface area contributed by atoms with Crippen molar-refractivity contribution in [3.63, 3.8) is 0 Å². The molecule has 0 heterocycles. The summed E-state index contributed by atoms with van der Waals surface area (Å²) in [5, 5.41) is 22.2. The topological polar surface area (TPSA) is 84.8 Å². The number of carboxylic acid groups (broad SMARTS) is 1. The van der Waals surface area contributed by atoms with Gasteiger partial charge in [0.15, 0.2) is 0 Å². The Balaban J connectivity index is 0. The van der Waals surface area contributed by atoms with Crippen molar-refractivity contribution in [2.75, 3.05) is 19.6 Å². The molecule has 0 spiro atoms. The van der Waals surface area contributed by atoms with Gasteiger partial charge in [0.2, 0.25) is 0 Å². The van der Waals surface area contributed by atoms with Gasteiger partial charge in [0.1, 0.15) is 0 Å². The first-order valence-corrected chi connectivity index (χ1v) is 4.61. The van der Waals surface area contributed by atoms with E-state index in [0.717, 1.165) is 25.1 Å². The summed E-state index contributed by atoms with van der Waals surface area (Å²) in [6.07, 6.45) is 4.38. The molecular weight excluding hydrogens is 235 g/mol. The van der Waals surface area contributed by atoms with Gasteiger partial charge in [-0.05, 0) is 24.9 Å². The SMILES string of the molecule is C=CCCNCCN=C([O-])/C=C/C(=O)O.[K+]. The Labute approximate surface area is 138 Å². The van der Waals surface area contributed by atoms with Crippen LogP contribution in [-0.2, 0) is 4.79 Å². The minimum atomic E-state index is -1.15. The first-order valence-electron chi connectivity index (χ1n) is 4.61. The van der Waals surface area contributed by atoms with Crippen LogP contribution in [0.15, 0.2) is 29.8 Å². The molecular formula is C10H15KN2O3. The predicted molar refractivity (Wildman–Crippen MR) is 56.8 cm³/mol. The average molecular weight is 250 g/mol. The van der Waals surface area contributed by atoms with E-state index >= 15 is 0 Å². The number of rotatable bonds is 8. The van der Waals surface area contributed by atoms with Crippen LogP contribution >= 0.6 is 0 Å². The Bertz CT molecular complexity index is 265. The molecule has 0 bridgehead atoms. The fourth-order valence-corrected chi connectivity index (χ4v) is 0.770. The molecule has 2 N–H and O–H groups in total. The van der Waals surface area contributed by atoms with Gasteiger partial charge >= 0.3 is 57.4 Å². The summed E-state index contributed by atoms with van der Waals surface area (Å²) in [7, 11) is 0. The quantitative estimate of drug-likeness (QED) is 0.117. The molecule has 0 radical (unpaired) electrons. The van der Waals surface area contributed by atoms with Gasteiger partial charge in [-0.3, -0.25) is 4.99 Å². The van der Waals surface area contributed by atoms with Crippen LogP contribution < -0.4 is 61.8 Å². The second-order valence-corrected chi connectivity index (χ2v) is 2.72. The first kappa shape index (κ1) is 18.4. The van der Waals surface area contributed by atoms with Crippen molar-refractivity contribution in [2.45, 2.75) is 6.42 Å². The zero-order valence-corrected chi connectivity index (χ0v) is 12.6. The Morgan fingerprint density at radius 2 is 2.12 bits per heavy atom. The standard InChI is InChI=1S/C10H16N2O3.K/c1-2-3-6-11-7-8-12-9(13)4-5-10(14)15;/h2,4-5,11H,1,3,6-8H2,(H,12,13)(H,14,15);/q;+1/p-1/b5-4+;. The average Bonchev–Trinajstić information content (AvgIpc) is 2.20. The van der Waals surface area contributed by atoms with Crippen LogP contribution in [0.2, 0.25) is 0 Å². The van der Waals surface area contributed by atoms with Gasteiger partial charge in [-0.25, -0.2) is 4.79 Å². The number of aliphatic carboxylic acids is 1. The molecule has 0 saturated carbocycles. The Hall–Kier alpha value is 0.0164. The molecule has 0 amide bonds. The third-order valence-corrected chi connectivity index (χ3v) is 1.45. The molecule has 84 valence electrons.